The van der Waals surface area contributed by atoms with Gasteiger partial charge in [0, 0.05) is 11.8 Å². The van der Waals surface area contributed by atoms with E-state index in [0.29, 0.717) is 25.5 Å². The van der Waals surface area contributed by atoms with Crippen molar-refractivity contribution in [3.8, 4) is 11.5 Å². The summed E-state index contributed by atoms with van der Waals surface area (Å²) < 4.78 is 11.2. The maximum atomic E-state index is 12.2. The van der Waals surface area contributed by atoms with E-state index in [4.69, 9.17) is 9.47 Å². The Morgan fingerprint density at radius 2 is 1.73 bits per heavy atom. The van der Waals surface area contributed by atoms with Crippen LogP contribution < -0.4 is 27.2 Å². The molecule has 6 heteroatoms. The Hall–Kier alpha value is -1.46. The van der Waals surface area contributed by atoms with Crippen LogP contribution in [0.3, 0.4) is 0 Å². The molecule has 1 heterocycles. The minimum Gasteiger partial charge on any atom is -1.00 e. The predicted molar refractivity (Wildman–Crippen MR) is 83.2 cm³/mol. The highest BCUT2D eigenvalue weighted by atomic mass is 35.5. The Bertz CT molecular complexity index is 504. The number of anilines is 1. The first kappa shape index (κ1) is 18.6. The summed E-state index contributed by atoms with van der Waals surface area (Å²) >= 11 is 0. The molecule has 0 unspecified atom stereocenters. The van der Waals surface area contributed by atoms with Crippen molar-refractivity contribution in [1.29, 1.82) is 0 Å². The van der Waals surface area contributed by atoms with Gasteiger partial charge in [0.2, 0.25) is 5.91 Å². The second-order valence-electron chi connectivity index (χ2n) is 5.02. The molecule has 0 saturated carbocycles. The summed E-state index contributed by atoms with van der Waals surface area (Å²) in [6, 6.07) is 3.83. The summed E-state index contributed by atoms with van der Waals surface area (Å²) in [4.78, 5) is 14.2. The fraction of sp³-hybridized carbons (Fsp3) is 0.562. The number of nitrogens with zero attached hydrogens (tertiary/aromatic N) is 1. The van der Waals surface area contributed by atoms with Gasteiger partial charge in [-0.3, -0.25) is 9.69 Å². The molecule has 1 aromatic rings. The number of likely N-dealkylation sites (N-methyl/N-ethyl adjacent to an activating group) is 1. The van der Waals surface area contributed by atoms with Gasteiger partial charge >= 0.3 is 0 Å². The van der Waals surface area contributed by atoms with Crippen LogP contribution in [0.15, 0.2) is 12.1 Å². The van der Waals surface area contributed by atoms with Crippen LogP contribution in [0.5, 0.6) is 11.5 Å². The van der Waals surface area contributed by atoms with Crippen molar-refractivity contribution in [3.63, 3.8) is 0 Å². The standard InChI is InChI=1S/C16H24N2O3.ClH/c1-4-12-9-14-15(21-8-7-20-14)10-13(12)17-16(19)11-18(5-2)6-3;/h9-10H,4-8,11H2,1-3H3,(H,17,19);1H/p-1. The number of benzene rings is 1. The molecule has 1 aliphatic heterocycles. The molecule has 1 aromatic carbocycles. The van der Waals surface area contributed by atoms with Gasteiger partial charge in [0.25, 0.3) is 0 Å². The van der Waals surface area contributed by atoms with E-state index < -0.39 is 0 Å². The highest BCUT2D eigenvalue weighted by Gasteiger charge is 2.17. The lowest BCUT2D eigenvalue weighted by Crippen LogP contribution is -3.00. The van der Waals surface area contributed by atoms with Crippen LogP contribution in [0.25, 0.3) is 0 Å². The number of aryl methyl sites for hydroxylation is 1. The SMILES string of the molecule is CCc1cc2c(cc1NC(=O)CN(CC)CC)OCCO2.[Cl-]. The first-order valence-electron chi connectivity index (χ1n) is 7.62. The van der Waals surface area contributed by atoms with Crippen LogP contribution in [0, 0.1) is 0 Å². The van der Waals surface area contributed by atoms with Gasteiger partial charge in [0.15, 0.2) is 11.5 Å². The Morgan fingerprint density at radius 1 is 1.14 bits per heavy atom. The molecule has 0 radical (unpaired) electrons. The number of amides is 1. The molecule has 0 spiro atoms. The quantitative estimate of drug-likeness (QED) is 0.751. The molecule has 124 valence electrons. The lowest BCUT2D eigenvalue weighted by Gasteiger charge is -2.22. The van der Waals surface area contributed by atoms with Crippen LogP contribution in [0.1, 0.15) is 26.3 Å². The number of ether oxygens (including phenoxy) is 2. The number of carbonyl (C=O) groups is 1. The van der Waals surface area contributed by atoms with Crippen LogP contribution in [-0.4, -0.2) is 43.7 Å². The zero-order valence-electron chi connectivity index (χ0n) is 13.4. The van der Waals surface area contributed by atoms with Crippen LogP contribution in [0.4, 0.5) is 5.69 Å². The van der Waals surface area contributed by atoms with Crippen molar-refractivity contribution in [3.05, 3.63) is 17.7 Å². The maximum Gasteiger partial charge on any atom is 0.238 e. The number of fused-ring (bicyclic) bond motifs is 1. The fourth-order valence-corrected chi connectivity index (χ4v) is 2.38. The van der Waals surface area contributed by atoms with Gasteiger partial charge in [-0.1, -0.05) is 20.8 Å². The normalized spacial score (nSPS) is 12.7. The van der Waals surface area contributed by atoms with E-state index in [1.807, 2.05) is 12.1 Å². The molecule has 5 nitrogen and oxygen atoms in total. The van der Waals surface area contributed by atoms with Gasteiger partial charge in [-0.05, 0) is 31.1 Å². The molecule has 22 heavy (non-hydrogen) atoms. The van der Waals surface area contributed by atoms with Gasteiger partial charge < -0.3 is 27.2 Å². The molecular formula is C16H24ClN2O3-. The monoisotopic (exact) mass is 327 g/mol. The number of halogens is 1. The van der Waals surface area contributed by atoms with Crippen LogP contribution in [-0.2, 0) is 11.2 Å². The molecule has 0 fully saturated rings. The van der Waals surface area contributed by atoms with Crippen molar-refractivity contribution in [2.24, 2.45) is 0 Å². The van der Waals surface area contributed by atoms with E-state index in [9.17, 15) is 4.79 Å². The van der Waals surface area contributed by atoms with Crippen LogP contribution >= 0.6 is 0 Å². The average Bonchev–Trinajstić information content (AvgIpc) is 2.51. The Labute approximate surface area is 138 Å². The van der Waals surface area contributed by atoms with E-state index >= 15 is 0 Å². The second kappa shape index (κ2) is 8.86. The average molecular weight is 328 g/mol. The fourth-order valence-electron chi connectivity index (χ4n) is 2.38. The highest BCUT2D eigenvalue weighted by molar-refractivity contribution is 5.93. The lowest BCUT2D eigenvalue weighted by atomic mass is 10.1. The number of nitrogens with one attached hydrogen (secondary N) is 1. The van der Waals surface area contributed by atoms with Crippen molar-refractivity contribution in [1.82, 2.24) is 4.90 Å². The molecule has 1 amide bonds. The third-order valence-electron chi connectivity index (χ3n) is 3.68. The molecule has 1 aliphatic rings. The van der Waals surface area contributed by atoms with Crippen LogP contribution in [0.2, 0.25) is 0 Å². The molecule has 0 aliphatic carbocycles. The van der Waals surface area contributed by atoms with Gasteiger partial charge in [-0.25, -0.2) is 0 Å². The first-order chi connectivity index (χ1) is 10.2. The summed E-state index contributed by atoms with van der Waals surface area (Å²) in [5, 5.41) is 2.99. The largest absolute Gasteiger partial charge is 1.00 e. The molecule has 1 N–H and O–H groups in total. The topological polar surface area (TPSA) is 50.8 Å². The van der Waals surface area contributed by atoms with E-state index in [2.05, 4.69) is 31.0 Å². The van der Waals surface area contributed by atoms with Crippen molar-refractivity contribution in [2.45, 2.75) is 27.2 Å². The number of carbonyl (C=O) groups excluding carboxylic acids is 1. The predicted octanol–water partition coefficient (Wildman–Crippen LogP) is -0.695. The van der Waals surface area contributed by atoms with Gasteiger partial charge in [0.1, 0.15) is 13.2 Å². The number of rotatable bonds is 6. The number of hydrogen-bond donors (Lipinski definition) is 1. The molecular weight excluding hydrogens is 304 g/mol. The summed E-state index contributed by atoms with van der Waals surface area (Å²) in [5.74, 6) is 1.47. The summed E-state index contributed by atoms with van der Waals surface area (Å²) in [5.41, 5.74) is 1.88. The first-order valence-corrected chi connectivity index (χ1v) is 7.62. The molecule has 0 atom stereocenters. The minimum absolute atomic E-state index is 0. The van der Waals surface area contributed by atoms with Crippen molar-refractivity contribution in [2.75, 3.05) is 38.2 Å². The third kappa shape index (κ3) is 4.52. The van der Waals surface area contributed by atoms with Crippen molar-refractivity contribution >= 4 is 11.6 Å². The third-order valence-corrected chi connectivity index (χ3v) is 3.68. The lowest BCUT2D eigenvalue weighted by molar-refractivity contribution is -0.117. The molecule has 2 rings (SSSR count). The van der Waals surface area contributed by atoms with Gasteiger partial charge in [-0.15, -0.1) is 0 Å². The molecule has 0 aromatic heterocycles. The smallest absolute Gasteiger partial charge is 0.238 e. The Balaban J connectivity index is 0.00000242. The summed E-state index contributed by atoms with van der Waals surface area (Å²) in [6.07, 6.45) is 0.831. The summed E-state index contributed by atoms with van der Waals surface area (Å²) in [6.45, 7) is 9.43. The van der Waals surface area contributed by atoms with E-state index in [0.717, 1.165) is 36.5 Å². The Kier molecular flexibility index (Phi) is 7.48. The van der Waals surface area contributed by atoms with Gasteiger partial charge in [-0.2, -0.15) is 0 Å². The Morgan fingerprint density at radius 3 is 2.27 bits per heavy atom. The van der Waals surface area contributed by atoms with Crippen molar-refractivity contribution < 1.29 is 26.7 Å². The minimum atomic E-state index is 0. The maximum absolute atomic E-state index is 12.2. The molecule has 0 saturated heterocycles. The van der Waals surface area contributed by atoms with Gasteiger partial charge in [0.05, 0.1) is 6.54 Å². The summed E-state index contributed by atoms with van der Waals surface area (Å²) in [7, 11) is 0. The molecule has 0 bridgehead atoms. The van der Waals surface area contributed by atoms with E-state index in [-0.39, 0.29) is 18.3 Å². The highest BCUT2D eigenvalue weighted by Crippen LogP contribution is 2.35. The zero-order valence-corrected chi connectivity index (χ0v) is 14.2. The second-order valence-corrected chi connectivity index (χ2v) is 5.02. The van der Waals surface area contributed by atoms with E-state index in [1.165, 1.54) is 0 Å². The zero-order chi connectivity index (χ0) is 15.2. The van der Waals surface area contributed by atoms with E-state index in [1.54, 1.807) is 0 Å². The number of hydrogen-bond acceptors (Lipinski definition) is 4.